The molecule has 7 heteroatoms. The first kappa shape index (κ1) is 36.2. The number of allylic oxidation sites excluding steroid dienone is 8. The fourth-order valence-electron chi connectivity index (χ4n) is 3.57. The molecule has 2 amide bonds. The number of nitrogens with zero attached hydrogens (tertiary/aromatic N) is 1. The van der Waals surface area contributed by atoms with E-state index in [9.17, 15) is 19.8 Å². The fraction of sp³-hybridized carbons (Fsp3) is 0.677. The van der Waals surface area contributed by atoms with Gasteiger partial charge in [0.15, 0.2) is 0 Å². The lowest BCUT2D eigenvalue weighted by atomic mass is 9.86. The highest BCUT2D eigenvalue weighted by atomic mass is 32.1. The van der Waals surface area contributed by atoms with Crippen molar-refractivity contribution in [3.05, 3.63) is 48.6 Å². The summed E-state index contributed by atoms with van der Waals surface area (Å²) in [5.41, 5.74) is -0.944. The maximum absolute atomic E-state index is 12.9. The van der Waals surface area contributed by atoms with Gasteiger partial charge in [-0.1, -0.05) is 82.2 Å². The van der Waals surface area contributed by atoms with Crippen LogP contribution in [0.15, 0.2) is 48.6 Å². The molecular formula is C31H54N2O4S. The van der Waals surface area contributed by atoms with Crippen LogP contribution in [0.3, 0.4) is 0 Å². The predicted octanol–water partition coefficient (Wildman–Crippen LogP) is 5.78. The van der Waals surface area contributed by atoms with E-state index in [0.29, 0.717) is 18.8 Å². The van der Waals surface area contributed by atoms with E-state index >= 15 is 0 Å². The minimum absolute atomic E-state index is 0.145. The number of amides is 2. The molecule has 0 unspecified atom stereocenters. The third-order valence-electron chi connectivity index (χ3n) is 6.24. The number of aliphatic hydroxyl groups excluding tert-OH is 2. The second-order valence-electron chi connectivity index (χ2n) is 10.3. The SMILES string of the molecule is CCCCC/C=C\C/C=C\C/C=C\C/C=C\CCCCN(CCC(=O)NCCS)C(=O)[C@H](O)C(C)(C)CO. The molecule has 0 saturated carbocycles. The van der Waals surface area contributed by atoms with Gasteiger partial charge in [-0.25, -0.2) is 0 Å². The molecule has 218 valence electrons. The van der Waals surface area contributed by atoms with Crippen LogP contribution in [0.4, 0.5) is 0 Å². The quantitative estimate of drug-likeness (QED) is 0.0738. The number of hydrogen-bond donors (Lipinski definition) is 4. The summed E-state index contributed by atoms with van der Waals surface area (Å²) >= 11 is 4.08. The lowest BCUT2D eigenvalue weighted by molar-refractivity contribution is -0.148. The Kier molecular flexibility index (Phi) is 23.1. The second-order valence-corrected chi connectivity index (χ2v) is 10.7. The van der Waals surface area contributed by atoms with Gasteiger partial charge >= 0.3 is 0 Å². The van der Waals surface area contributed by atoms with Gasteiger partial charge in [0.1, 0.15) is 6.10 Å². The number of unbranched alkanes of at least 4 members (excludes halogenated alkanes) is 5. The normalized spacial score (nSPS) is 13.3. The molecule has 0 fully saturated rings. The van der Waals surface area contributed by atoms with Crippen molar-refractivity contribution < 1.29 is 19.8 Å². The molecule has 38 heavy (non-hydrogen) atoms. The smallest absolute Gasteiger partial charge is 0.252 e. The number of rotatable bonds is 23. The van der Waals surface area contributed by atoms with Crippen LogP contribution in [0, 0.1) is 5.41 Å². The third kappa shape index (κ3) is 19.3. The molecule has 0 aromatic rings. The van der Waals surface area contributed by atoms with Crippen LogP contribution < -0.4 is 5.32 Å². The highest BCUT2D eigenvalue weighted by Gasteiger charge is 2.35. The van der Waals surface area contributed by atoms with Crippen LogP contribution in [-0.4, -0.2) is 65.0 Å². The molecule has 0 radical (unpaired) electrons. The van der Waals surface area contributed by atoms with E-state index in [4.69, 9.17) is 0 Å². The third-order valence-corrected chi connectivity index (χ3v) is 6.47. The van der Waals surface area contributed by atoms with Crippen molar-refractivity contribution in [3.63, 3.8) is 0 Å². The summed E-state index contributed by atoms with van der Waals surface area (Å²) in [6.07, 6.45) is 27.0. The molecule has 0 heterocycles. The largest absolute Gasteiger partial charge is 0.396 e. The number of carbonyl (C=O) groups is 2. The first-order valence-electron chi connectivity index (χ1n) is 14.3. The molecule has 0 spiro atoms. The number of thiol groups is 1. The van der Waals surface area contributed by atoms with Crippen LogP contribution >= 0.6 is 12.6 Å². The van der Waals surface area contributed by atoms with Crippen molar-refractivity contribution in [1.82, 2.24) is 10.2 Å². The summed E-state index contributed by atoms with van der Waals surface area (Å²) in [5, 5.41) is 22.8. The number of nitrogens with one attached hydrogen (secondary N) is 1. The Labute approximate surface area is 237 Å². The Morgan fingerprint density at radius 2 is 1.39 bits per heavy atom. The lowest BCUT2D eigenvalue weighted by Crippen LogP contribution is -2.48. The summed E-state index contributed by atoms with van der Waals surface area (Å²) in [7, 11) is 0. The van der Waals surface area contributed by atoms with Gasteiger partial charge < -0.3 is 20.4 Å². The van der Waals surface area contributed by atoms with E-state index in [1.807, 2.05) is 0 Å². The van der Waals surface area contributed by atoms with Gasteiger partial charge in [0.2, 0.25) is 5.91 Å². The average Bonchev–Trinajstić information content (AvgIpc) is 2.91. The van der Waals surface area contributed by atoms with Gasteiger partial charge in [-0.15, -0.1) is 0 Å². The highest BCUT2D eigenvalue weighted by molar-refractivity contribution is 7.80. The van der Waals surface area contributed by atoms with E-state index in [-0.39, 0.29) is 25.5 Å². The maximum Gasteiger partial charge on any atom is 0.252 e. The Bertz CT molecular complexity index is 731. The summed E-state index contributed by atoms with van der Waals surface area (Å²) in [6.45, 7) is 6.40. The molecule has 0 aliphatic carbocycles. The van der Waals surface area contributed by atoms with Gasteiger partial charge in [0, 0.05) is 37.2 Å². The zero-order valence-corrected chi connectivity index (χ0v) is 25.0. The molecule has 0 aliphatic heterocycles. The average molecular weight is 551 g/mol. The highest BCUT2D eigenvalue weighted by Crippen LogP contribution is 2.22. The van der Waals surface area contributed by atoms with Crippen molar-refractivity contribution in [2.45, 2.75) is 97.5 Å². The minimum atomic E-state index is -1.32. The van der Waals surface area contributed by atoms with Crippen molar-refractivity contribution in [2.24, 2.45) is 5.41 Å². The van der Waals surface area contributed by atoms with Gasteiger partial charge in [0.25, 0.3) is 5.91 Å². The lowest BCUT2D eigenvalue weighted by Gasteiger charge is -2.32. The van der Waals surface area contributed by atoms with Crippen LogP contribution in [0.25, 0.3) is 0 Å². The van der Waals surface area contributed by atoms with Crippen LogP contribution in [0.2, 0.25) is 0 Å². The van der Waals surface area contributed by atoms with Gasteiger partial charge in [0.05, 0.1) is 6.61 Å². The van der Waals surface area contributed by atoms with Crippen molar-refractivity contribution in [1.29, 1.82) is 0 Å². The van der Waals surface area contributed by atoms with E-state index < -0.39 is 17.4 Å². The molecule has 0 aromatic carbocycles. The number of carbonyl (C=O) groups excluding carboxylic acids is 2. The van der Waals surface area contributed by atoms with Crippen LogP contribution in [0.1, 0.15) is 91.4 Å². The van der Waals surface area contributed by atoms with E-state index in [0.717, 1.165) is 38.5 Å². The molecule has 0 saturated heterocycles. The Morgan fingerprint density at radius 3 is 1.89 bits per heavy atom. The van der Waals surface area contributed by atoms with E-state index in [2.05, 4.69) is 73.5 Å². The Hall–Kier alpha value is -1.83. The molecular weight excluding hydrogens is 496 g/mol. The van der Waals surface area contributed by atoms with E-state index in [1.54, 1.807) is 18.7 Å². The molecule has 6 nitrogen and oxygen atoms in total. The molecule has 1 atom stereocenters. The molecule has 3 N–H and O–H groups in total. The predicted molar refractivity (Wildman–Crippen MR) is 163 cm³/mol. The van der Waals surface area contributed by atoms with Crippen LogP contribution in [-0.2, 0) is 9.59 Å². The topological polar surface area (TPSA) is 89.9 Å². The zero-order chi connectivity index (χ0) is 28.5. The second kappa shape index (κ2) is 24.2. The fourth-order valence-corrected chi connectivity index (χ4v) is 3.68. The van der Waals surface area contributed by atoms with Gasteiger partial charge in [-0.2, -0.15) is 12.6 Å². The summed E-state index contributed by atoms with van der Waals surface area (Å²) < 4.78 is 0. The van der Waals surface area contributed by atoms with Gasteiger partial charge in [-0.3, -0.25) is 9.59 Å². The molecule has 0 aliphatic rings. The molecule has 0 aromatic heterocycles. The monoisotopic (exact) mass is 550 g/mol. The van der Waals surface area contributed by atoms with Gasteiger partial charge in [-0.05, 0) is 51.4 Å². The van der Waals surface area contributed by atoms with Crippen LogP contribution in [0.5, 0.6) is 0 Å². The summed E-state index contributed by atoms with van der Waals surface area (Å²) in [5.74, 6) is -0.0346. The van der Waals surface area contributed by atoms with Crippen molar-refractivity contribution in [2.75, 3.05) is 32.0 Å². The Balaban J connectivity index is 4.32. The summed E-state index contributed by atoms with van der Waals surface area (Å²) in [6, 6.07) is 0. The van der Waals surface area contributed by atoms with E-state index in [1.165, 1.54) is 25.7 Å². The molecule has 0 bridgehead atoms. The number of hydrogen-bond acceptors (Lipinski definition) is 5. The maximum atomic E-state index is 12.9. The Morgan fingerprint density at radius 1 is 0.868 bits per heavy atom. The van der Waals surface area contributed by atoms with Crippen molar-refractivity contribution >= 4 is 24.4 Å². The zero-order valence-electron chi connectivity index (χ0n) is 24.1. The first-order valence-corrected chi connectivity index (χ1v) is 15.0. The van der Waals surface area contributed by atoms with Crippen molar-refractivity contribution in [3.8, 4) is 0 Å². The minimum Gasteiger partial charge on any atom is -0.396 e. The first-order chi connectivity index (χ1) is 18.3. The number of aliphatic hydroxyl groups is 2. The molecule has 0 rings (SSSR count). The standard InChI is InChI=1S/C31H54N2O4S/c1-4-5-6-7-8-9-10-11-12-13-14-15-16-17-18-19-20-21-24-33(25-22-28(35)32-23-26-38)30(37)29(36)31(2,3)27-34/h8-9,11-12,14-15,17-18,29,34,36,38H,4-7,10,13,16,19-27H2,1-3H3,(H,32,35)/b9-8-,12-11-,15-14-,18-17-/t29-/m0/s1. The summed E-state index contributed by atoms with van der Waals surface area (Å²) in [4.78, 5) is 26.4.